The normalized spacial score (nSPS) is 10.7. The molecule has 102 valence electrons. The number of nitrogen functional groups attached to an aromatic ring is 1. The number of aromatic amines is 1. The number of amides is 1. The van der Waals surface area contributed by atoms with E-state index in [0.29, 0.717) is 23.5 Å². The van der Waals surface area contributed by atoms with Crippen LogP contribution in [0.2, 0.25) is 0 Å². The molecule has 0 atom stereocenters. The molecule has 0 spiro atoms. The summed E-state index contributed by atoms with van der Waals surface area (Å²) in [5, 5.41) is 13.9. The number of nitrogens with zero attached hydrogens (tertiary/aromatic N) is 3. The number of nitrogens with two attached hydrogens (primary N) is 1. The first-order valence-corrected chi connectivity index (χ1v) is 6.10. The zero-order chi connectivity index (χ0) is 14.2. The number of carbonyl (C=O) groups is 1. The highest BCUT2D eigenvalue weighted by atomic mass is 16.2. The minimum absolute atomic E-state index is 0.278. The van der Waals surface area contributed by atoms with Crippen molar-refractivity contribution < 1.29 is 4.79 Å². The molecular weight excluding hydrogens is 244 g/mol. The standard InChI is InChI=1S/C12H18N6O/c1-5-8-9(13)11(18(4)17-8)12(19)14-10-6(2)15-16-7(10)3/h5,13H2,1-4H3,(H,14,19)(H,15,16). The van der Waals surface area contributed by atoms with Crippen LogP contribution in [0.5, 0.6) is 0 Å². The van der Waals surface area contributed by atoms with Gasteiger partial charge in [-0.3, -0.25) is 14.6 Å². The molecule has 0 saturated heterocycles. The number of nitrogens with one attached hydrogen (secondary N) is 2. The molecule has 0 aliphatic carbocycles. The van der Waals surface area contributed by atoms with Gasteiger partial charge in [0.15, 0.2) is 0 Å². The van der Waals surface area contributed by atoms with Crippen molar-refractivity contribution in [1.29, 1.82) is 0 Å². The zero-order valence-electron chi connectivity index (χ0n) is 11.5. The van der Waals surface area contributed by atoms with E-state index in [1.54, 1.807) is 7.05 Å². The predicted octanol–water partition coefficient (Wildman–Crippen LogP) is 1.16. The van der Waals surface area contributed by atoms with Crippen LogP contribution >= 0.6 is 0 Å². The predicted molar refractivity (Wildman–Crippen MR) is 73.0 cm³/mol. The highest BCUT2D eigenvalue weighted by Gasteiger charge is 2.20. The Morgan fingerprint density at radius 3 is 2.63 bits per heavy atom. The van der Waals surface area contributed by atoms with Crippen LogP contribution in [0.1, 0.15) is 34.5 Å². The molecule has 0 aromatic carbocycles. The second-order valence-electron chi connectivity index (χ2n) is 4.45. The summed E-state index contributed by atoms with van der Waals surface area (Å²) in [5.74, 6) is -0.278. The number of carbonyl (C=O) groups excluding carboxylic acids is 1. The number of hydrogen-bond acceptors (Lipinski definition) is 4. The van der Waals surface area contributed by atoms with Crippen LogP contribution < -0.4 is 11.1 Å². The first-order valence-electron chi connectivity index (χ1n) is 6.10. The monoisotopic (exact) mass is 262 g/mol. The van der Waals surface area contributed by atoms with Crippen molar-refractivity contribution in [3.05, 3.63) is 22.8 Å². The Morgan fingerprint density at radius 1 is 1.47 bits per heavy atom. The molecule has 0 unspecified atom stereocenters. The van der Waals surface area contributed by atoms with Crippen molar-refractivity contribution >= 4 is 17.3 Å². The molecule has 2 rings (SSSR count). The minimum Gasteiger partial charge on any atom is -0.395 e. The van der Waals surface area contributed by atoms with Gasteiger partial charge in [-0.25, -0.2) is 0 Å². The summed E-state index contributed by atoms with van der Waals surface area (Å²) >= 11 is 0. The average Bonchev–Trinajstić information content (AvgIpc) is 2.82. The fourth-order valence-corrected chi connectivity index (χ4v) is 2.03. The van der Waals surface area contributed by atoms with Crippen molar-refractivity contribution in [2.75, 3.05) is 11.1 Å². The lowest BCUT2D eigenvalue weighted by Gasteiger charge is -2.06. The maximum absolute atomic E-state index is 12.3. The molecule has 2 heterocycles. The van der Waals surface area contributed by atoms with Crippen molar-refractivity contribution in [2.24, 2.45) is 7.05 Å². The Bertz CT molecular complexity index is 605. The second kappa shape index (κ2) is 4.75. The first kappa shape index (κ1) is 13.1. The van der Waals surface area contributed by atoms with Crippen LogP contribution in [0.4, 0.5) is 11.4 Å². The molecule has 0 aliphatic rings. The summed E-state index contributed by atoms with van der Waals surface area (Å²) in [4.78, 5) is 12.3. The Kier molecular flexibility index (Phi) is 3.28. The van der Waals surface area contributed by atoms with E-state index < -0.39 is 0 Å². The molecule has 1 amide bonds. The molecule has 19 heavy (non-hydrogen) atoms. The van der Waals surface area contributed by atoms with Gasteiger partial charge in [0, 0.05) is 7.05 Å². The highest BCUT2D eigenvalue weighted by molar-refractivity contribution is 6.07. The zero-order valence-corrected chi connectivity index (χ0v) is 11.5. The summed E-state index contributed by atoms with van der Waals surface area (Å²) in [6.07, 6.45) is 0.691. The van der Waals surface area contributed by atoms with Gasteiger partial charge in [-0.1, -0.05) is 6.92 Å². The smallest absolute Gasteiger partial charge is 0.276 e. The first-order chi connectivity index (χ1) is 8.95. The molecule has 0 radical (unpaired) electrons. The summed E-state index contributed by atoms with van der Waals surface area (Å²) in [6.45, 7) is 5.62. The molecule has 7 nitrogen and oxygen atoms in total. The van der Waals surface area contributed by atoms with E-state index >= 15 is 0 Å². The van der Waals surface area contributed by atoms with Crippen LogP contribution in [0.3, 0.4) is 0 Å². The van der Waals surface area contributed by atoms with Crippen LogP contribution in [0, 0.1) is 13.8 Å². The van der Waals surface area contributed by atoms with Gasteiger partial charge >= 0.3 is 0 Å². The SMILES string of the molecule is CCc1nn(C)c(C(=O)Nc2c(C)n[nH]c2C)c1N. The molecule has 2 aromatic rings. The average molecular weight is 262 g/mol. The summed E-state index contributed by atoms with van der Waals surface area (Å²) in [6, 6.07) is 0. The lowest BCUT2D eigenvalue weighted by atomic mass is 10.2. The molecule has 0 aliphatic heterocycles. The van der Waals surface area contributed by atoms with Gasteiger partial charge in [0.25, 0.3) is 5.91 Å². The minimum atomic E-state index is -0.278. The fraction of sp³-hybridized carbons (Fsp3) is 0.417. The summed E-state index contributed by atoms with van der Waals surface area (Å²) in [5.41, 5.74) is 9.72. The molecule has 4 N–H and O–H groups in total. The summed E-state index contributed by atoms with van der Waals surface area (Å²) < 4.78 is 1.51. The topological polar surface area (TPSA) is 102 Å². The molecule has 7 heteroatoms. The number of hydrogen-bond donors (Lipinski definition) is 3. The van der Waals surface area contributed by atoms with Gasteiger partial charge < -0.3 is 11.1 Å². The Balaban J connectivity index is 2.33. The lowest BCUT2D eigenvalue weighted by molar-refractivity contribution is 0.101. The van der Waals surface area contributed by atoms with E-state index in [4.69, 9.17) is 5.73 Å². The van der Waals surface area contributed by atoms with Crippen LogP contribution in [0.15, 0.2) is 0 Å². The second-order valence-corrected chi connectivity index (χ2v) is 4.45. The van der Waals surface area contributed by atoms with Crippen LogP contribution in [-0.2, 0) is 13.5 Å². The number of aromatic nitrogens is 4. The van der Waals surface area contributed by atoms with E-state index in [1.165, 1.54) is 4.68 Å². The third-order valence-corrected chi connectivity index (χ3v) is 3.08. The fourth-order valence-electron chi connectivity index (χ4n) is 2.03. The third kappa shape index (κ3) is 2.18. The Labute approximate surface area is 111 Å². The van der Waals surface area contributed by atoms with E-state index in [0.717, 1.165) is 17.1 Å². The van der Waals surface area contributed by atoms with E-state index in [2.05, 4.69) is 20.6 Å². The van der Waals surface area contributed by atoms with Gasteiger partial charge in [-0.05, 0) is 20.3 Å². The van der Waals surface area contributed by atoms with E-state index in [-0.39, 0.29) is 5.91 Å². The molecule has 0 saturated carbocycles. The van der Waals surface area contributed by atoms with Crippen molar-refractivity contribution in [2.45, 2.75) is 27.2 Å². The molecule has 0 bridgehead atoms. The molecule has 2 aromatic heterocycles. The maximum atomic E-state index is 12.3. The largest absolute Gasteiger partial charge is 0.395 e. The molecular formula is C12H18N6O. The van der Waals surface area contributed by atoms with Gasteiger partial charge in [-0.2, -0.15) is 10.2 Å². The van der Waals surface area contributed by atoms with E-state index in [1.807, 2.05) is 20.8 Å². The number of anilines is 2. The third-order valence-electron chi connectivity index (χ3n) is 3.08. The number of aryl methyl sites for hydroxylation is 4. The molecule has 0 fully saturated rings. The lowest BCUT2D eigenvalue weighted by Crippen LogP contribution is -2.18. The van der Waals surface area contributed by atoms with Crippen molar-refractivity contribution in [3.8, 4) is 0 Å². The maximum Gasteiger partial charge on any atom is 0.276 e. The van der Waals surface area contributed by atoms with Crippen LogP contribution in [-0.4, -0.2) is 25.9 Å². The van der Waals surface area contributed by atoms with E-state index in [9.17, 15) is 4.79 Å². The quantitative estimate of drug-likeness (QED) is 0.772. The summed E-state index contributed by atoms with van der Waals surface area (Å²) in [7, 11) is 1.71. The number of rotatable bonds is 3. The van der Waals surface area contributed by atoms with Gasteiger partial charge in [0.2, 0.25) is 0 Å². The van der Waals surface area contributed by atoms with Crippen molar-refractivity contribution in [1.82, 2.24) is 20.0 Å². The highest BCUT2D eigenvalue weighted by Crippen LogP contribution is 2.21. The Morgan fingerprint density at radius 2 is 2.16 bits per heavy atom. The van der Waals surface area contributed by atoms with Crippen molar-refractivity contribution in [3.63, 3.8) is 0 Å². The van der Waals surface area contributed by atoms with Gasteiger partial charge in [0.1, 0.15) is 5.69 Å². The number of H-pyrrole nitrogens is 1. The van der Waals surface area contributed by atoms with Gasteiger partial charge in [-0.15, -0.1) is 0 Å². The van der Waals surface area contributed by atoms with Gasteiger partial charge in [0.05, 0.1) is 28.5 Å². The van der Waals surface area contributed by atoms with Crippen LogP contribution in [0.25, 0.3) is 0 Å². The Hall–Kier alpha value is -2.31.